The number of nitrogens with zero attached hydrogens (tertiary/aromatic N) is 1. The highest BCUT2D eigenvalue weighted by Crippen LogP contribution is 2.22. The molecule has 3 aromatic rings. The van der Waals surface area contributed by atoms with Crippen molar-refractivity contribution in [1.82, 2.24) is 15.2 Å². The molecule has 0 saturated carbocycles. The zero-order valence-electron chi connectivity index (χ0n) is 11.5. The first-order chi connectivity index (χ1) is 10.4. The monoisotopic (exact) mass is 335 g/mol. The maximum atomic E-state index is 12.0. The quantitative estimate of drug-likeness (QED) is 0.755. The van der Waals surface area contributed by atoms with Gasteiger partial charge in [0.15, 0.2) is 0 Å². The summed E-state index contributed by atoms with van der Waals surface area (Å²) in [5, 5.41) is 8.07. The van der Waals surface area contributed by atoms with Gasteiger partial charge in [0.1, 0.15) is 5.39 Å². The van der Waals surface area contributed by atoms with E-state index in [1.54, 1.807) is 31.2 Å². The third kappa shape index (κ3) is 2.77. The molecule has 0 radical (unpaired) electrons. The first-order valence-electron chi connectivity index (χ1n) is 6.50. The van der Waals surface area contributed by atoms with Gasteiger partial charge in [-0.25, -0.2) is 5.10 Å². The maximum Gasteiger partial charge on any atom is 0.277 e. The highest BCUT2D eigenvalue weighted by atomic mass is 35.5. The Kier molecular flexibility index (Phi) is 3.76. The molecule has 3 rings (SSSR count). The van der Waals surface area contributed by atoms with Gasteiger partial charge in [0.05, 0.1) is 5.69 Å². The molecule has 2 N–H and O–H groups in total. The highest BCUT2D eigenvalue weighted by molar-refractivity contribution is 6.34. The predicted octanol–water partition coefficient (Wildman–Crippen LogP) is 2.82. The van der Waals surface area contributed by atoms with Crippen molar-refractivity contribution in [1.29, 1.82) is 0 Å². The van der Waals surface area contributed by atoms with Gasteiger partial charge in [0, 0.05) is 27.5 Å². The molecule has 7 heteroatoms. The lowest BCUT2D eigenvalue weighted by atomic mass is 10.1. The fourth-order valence-corrected chi connectivity index (χ4v) is 2.99. The number of pyridine rings is 1. The van der Waals surface area contributed by atoms with Crippen LogP contribution in [-0.2, 0) is 6.42 Å². The number of benzene rings is 1. The van der Waals surface area contributed by atoms with Gasteiger partial charge in [0.25, 0.3) is 11.1 Å². The lowest BCUT2D eigenvalue weighted by Gasteiger charge is -2.07. The first-order valence-corrected chi connectivity index (χ1v) is 7.26. The van der Waals surface area contributed by atoms with Gasteiger partial charge in [-0.1, -0.05) is 23.2 Å². The Labute approximate surface area is 134 Å². The number of nitrogens with one attached hydrogen (secondary N) is 2. The van der Waals surface area contributed by atoms with Crippen LogP contribution in [0.4, 0.5) is 0 Å². The van der Waals surface area contributed by atoms with Crippen LogP contribution in [-0.4, -0.2) is 15.2 Å². The molecular weight excluding hydrogens is 325 g/mol. The number of hydrogen-bond acceptors (Lipinski definition) is 3. The summed E-state index contributed by atoms with van der Waals surface area (Å²) in [7, 11) is 0. The predicted molar refractivity (Wildman–Crippen MR) is 87.0 cm³/mol. The molecule has 2 aromatic heterocycles. The Bertz CT molecular complexity index is 972. The minimum atomic E-state index is -0.510. The van der Waals surface area contributed by atoms with E-state index in [1.165, 1.54) is 0 Å². The van der Waals surface area contributed by atoms with Gasteiger partial charge >= 0.3 is 0 Å². The molecule has 0 aliphatic heterocycles. The molecule has 0 saturated heterocycles. The molecule has 0 amide bonds. The molecule has 0 aliphatic carbocycles. The molecule has 2 heterocycles. The Morgan fingerprint density at radius 2 is 1.73 bits per heavy atom. The molecule has 0 atom stereocenters. The van der Waals surface area contributed by atoms with Crippen LogP contribution in [0.5, 0.6) is 0 Å². The van der Waals surface area contributed by atoms with E-state index in [9.17, 15) is 9.59 Å². The van der Waals surface area contributed by atoms with Gasteiger partial charge in [0.2, 0.25) is 0 Å². The summed E-state index contributed by atoms with van der Waals surface area (Å²) in [4.78, 5) is 26.4. The van der Waals surface area contributed by atoms with Crippen LogP contribution in [0.1, 0.15) is 17.0 Å². The molecule has 1 aromatic carbocycles. The fourth-order valence-electron chi connectivity index (χ4n) is 2.42. The van der Waals surface area contributed by atoms with E-state index in [0.29, 0.717) is 33.2 Å². The van der Waals surface area contributed by atoms with Crippen molar-refractivity contribution in [2.24, 2.45) is 0 Å². The minimum Gasteiger partial charge on any atom is -0.326 e. The van der Waals surface area contributed by atoms with Crippen LogP contribution in [0.15, 0.2) is 33.9 Å². The SMILES string of the molecule is Cc1cc2c(Cc3cc(Cl)cc(Cl)c3)n[nH]c(=O)c2c(=O)[nH]1. The zero-order valence-corrected chi connectivity index (χ0v) is 13.0. The third-order valence-corrected chi connectivity index (χ3v) is 3.73. The number of rotatable bonds is 2. The third-order valence-electron chi connectivity index (χ3n) is 3.29. The molecule has 5 nitrogen and oxygen atoms in total. The van der Waals surface area contributed by atoms with Crippen molar-refractivity contribution in [3.05, 3.63) is 72.0 Å². The molecule has 0 bridgehead atoms. The smallest absolute Gasteiger partial charge is 0.277 e. The first kappa shape index (κ1) is 14.8. The summed E-state index contributed by atoms with van der Waals surface area (Å²) in [6.07, 6.45) is 0.399. The van der Waals surface area contributed by atoms with Gasteiger partial charge in [-0.05, 0) is 36.8 Å². The summed E-state index contributed by atoms with van der Waals surface area (Å²) in [5.74, 6) is 0. The number of aryl methyl sites for hydroxylation is 1. The van der Waals surface area contributed by atoms with Gasteiger partial charge < -0.3 is 4.98 Å². The van der Waals surface area contributed by atoms with Crippen molar-refractivity contribution in [2.75, 3.05) is 0 Å². The van der Waals surface area contributed by atoms with Crippen LogP contribution in [0, 0.1) is 6.92 Å². The molecule has 112 valence electrons. The average Bonchev–Trinajstić information content (AvgIpc) is 2.40. The van der Waals surface area contributed by atoms with Crippen LogP contribution in [0.3, 0.4) is 0 Å². The molecular formula is C15H11Cl2N3O2. The lowest BCUT2D eigenvalue weighted by molar-refractivity contribution is 0.929. The topological polar surface area (TPSA) is 78.6 Å². The van der Waals surface area contributed by atoms with E-state index in [2.05, 4.69) is 15.2 Å². The van der Waals surface area contributed by atoms with Crippen molar-refractivity contribution in [3.8, 4) is 0 Å². The van der Waals surface area contributed by atoms with Crippen molar-refractivity contribution in [3.63, 3.8) is 0 Å². The largest absolute Gasteiger partial charge is 0.326 e. The fraction of sp³-hybridized carbons (Fsp3) is 0.133. The number of H-pyrrole nitrogens is 2. The maximum absolute atomic E-state index is 12.0. The van der Waals surface area contributed by atoms with Gasteiger partial charge in [-0.15, -0.1) is 0 Å². The van der Waals surface area contributed by atoms with Crippen molar-refractivity contribution < 1.29 is 0 Å². The Balaban J connectivity index is 2.21. The number of fused-ring (bicyclic) bond motifs is 1. The van der Waals surface area contributed by atoms with Crippen molar-refractivity contribution in [2.45, 2.75) is 13.3 Å². The second-order valence-corrected chi connectivity index (χ2v) is 5.90. The summed E-state index contributed by atoms with van der Waals surface area (Å²) in [6.45, 7) is 1.75. The Morgan fingerprint density at radius 1 is 1.05 bits per heavy atom. The summed E-state index contributed by atoms with van der Waals surface area (Å²) in [6, 6.07) is 6.92. The number of aromatic nitrogens is 3. The average molecular weight is 336 g/mol. The van der Waals surface area contributed by atoms with Gasteiger partial charge in [-0.3, -0.25) is 9.59 Å². The number of aromatic amines is 2. The van der Waals surface area contributed by atoms with E-state index in [-0.39, 0.29) is 5.39 Å². The Morgan fingerprint density at radius 3 is 2.41 bits per heavy atom. The van der Waals surface area contributed by atoms with Crippen LogP contribution >= 0.6 is 23.2 Å². The normalized spacial score (nSPS) is 11.0. The van der Waals surface area contributed by atoms with E-state index in [1.807, 2.05) is 0 Å². The second-order valence-electron chi connectivity index (χ2n) is 5.02. The zero-order chi connectivity index (χ0) is 15.9. The summed E-state index contributed by atoms with van der Waals surface area (Å²) < 4.78 is 0. The van der Waals surface area contributed by atoms with E-state index in [4.69, 9.17) is 23.2 Å². The van der Waals surface area contributed by atoms with E-state index in [0.717, 1.165) is 5.56 Å². The highest BCUT2D eigenvalue weighted by Gasteiger charge is 2.12. The van der Waals surface area contributed by atoms with E-state index < -0.39 is 11.1 Å². The van der Waals surface area contributed by atoms with Crippen LogP contribution < -0.4 is 11.1 Å². The van der Waals surface area contributed by atoms with Crippen LogP contribution in [0.25, 0.3) is 10.8 Å². The number of hydrogen-bond donors (Lipinski definition) is 2. The minimum absolute atomic E-state index is 0.0729. The van der Waals surface area contributed by atoms with E-state index >= 15 is 0 Å². The molecule has 0 spiro atoms. The molecule has 0 aliphatic rings. The molecule has 0 unspecified atom stereocenters. The summed E-state index contributed by atoms with van der Waals surface area (Å²) >= 11 is 12.0. The van der Waals surface area contributed by atoms with Gasteiger partial charge in [-0.2, -0.15) is 5.10 Å². The lowest BCUT2D eigenvalue weighted by Crippen LogP contribution is -2.21. The standard InChI is InChI=1S/C15H11Cl2N3O2/c1-7-2-11-12(5-8-3-9(16)6-10(17)4-8)19-20-15(22)13(11)14(21)18-7/h2-4,6H,5H2,1H3,(H,18,21)(H,20,22). The summed E-state index contributed by atoms with van der Waals surface area (Å²) in [5.41, 5.74) is 1.15. The second kappa shape index (κ2) is 5.59. The van der Waals surface area contributed by atoms with Crippen LogP contribution in [0.2, 0.25) is 10.0 Å². The Hall–Kier alpha value is -2.11. The van der Waals surface area contributed by atoms with Crippen molar-refractivity contribution >= 4 is 34.0 Å². The molecule has 0 fully saturated rings. The number of halogens is 2. The molecule has 22 heavy (non-hydrogen) atoms.